The number of aryl methyl sites for hydroxylation is 2. The Bertz CT molecular complexity index is 1100. The number of halogens is 1. The predicted molar refractivity (Wildman–Crippen MR) is 107 cm³/mol. The van der Waals surface area contributed by atoms with E-state index < -0.39 is 6.09 Å². The second-order valence-corrected chi connectivity index (χ2v) is 6.81. The van der Waals surface area contributed by atoms with Crippen molar-refractivity contribution in [2.24, 2.45) is 0 Å². The van der Waals surface area contributed by atoms with Crippen LogP contribution in [0, 0.1) is 12.7 Å². The molecule has 0 spiro atoms. The topological polar surface area (TPSA) is 97.6 Å². The lowest BCUT2D eigenvalue weighted by Crippen LogP contribution is -2.25. The van der Waals surface area contributed by atoms with Gasteiger partial charge in [-0.25, -0.2) is 9.18 Å². The largest absolute Gasteiger partial charge is 0.447 e. The van der Waals surface area contributed by atoms with Gasteiger partial charge in [0.25, 0.3) is 0 Å². The number of amides is 2. The lowest BCUT2D eigenvalue weighted by atomic mass is 10.1. The molecule has 9 heteroatoms. The lowest BCUT2D eigenvalue weighted by Gasteiger charge is -2.17. The number of hydrogen-bond donors (Lipinski definition) is 1. The van der Waals surface area contributed by atoms with Crippen molar-refractivity contribution in [3.05, 3.63) is 59.7 Å². The Balaban J connectivity index is 1.39. The second kappa shape index (κ2) is 8.32. The van der Waals surface area contributed by atoms with Gasteiger partial charge in [0.05, 0.1) is 17.9 Å². The molecule has 1 aromatic heterocycles. The first kappa shape index (κ1) is 19.6. The van der Waals surface area contributed by atoms with E-state index >= 15 is 0 Å². The van der Waals surface area contributed by atoms with E-state index in [1.807, 2.05) is 0 Å². The number of rotatable bonds is 6. The standard InChI is InChI=1S/C21H19FN4O4/c1-13-6-7-14(12-15(13)22)20-24-19(30-25-20)9-8-18(27)23-16-4-2-3-5-17(16)26-10-11-29-21(26)28/h2-7,12H,8-11H2,1H3,(H,23,27). The summed E-state index contributed by atoms with van der Waals surface area (Å²) in [7, 11) is 0. The average molecular weight is 410 g/mol. The summed E-state index contributed by atoms with van der Waals surface area (Å²) in [6, 6.07) is 11.7. The minimum absolute atomic E-state index is 0.0999. The maximum atomic E-state index is 13.7. The first-order valence-corrected chi connectivity index (χ1v) is 9.43. The number of nitrogens with one attached hydrogen (secondary N) is 1. The first-order chi connectivity index (χ1) is 14.5. The summed E-state index contributed by atoms with van der Waals surface area (Å²) in [4.78, 5) is 29.9. The molecule has 4 rings (SSSR count). The number of aromatic nitrogens is 2. The third kappa shape index (κ3) is 4.14. The first-order valence-electron chi connectivity index (χ1n) is 9.43. The fourth-order valence-electron chi connectivity index (χ4n) is 3.07. The number of para-hydroxylation sites is 2. The van der Waals surface area contributed by atoms with Crippen LogP contribution in [0.4, 0.5) is 20.6 Å². The van der Waals surface area contributed by atoms with Gasteiger partial charge < -0.3 is 14.6 Å². The molecule has 154 valence electrons. The third-order valence-electron chi connectivity index (χ3n) is 4.69. The minimum Gasteiger partial charge on any atom is -0.447 e. The van der Waals surface area contributed by atoms with E-state index in [4.69, 9.17) is 9.26 Å². The number of carbonyl (C=O) groups excluding carboxylic acids is 2. The summed E-state index contributed by atoms with van der Waals surface area (Å²) in [6.07, 6.45) is -0.119. The summed E-state index contributed by atoms with van der Waals surface area (Å²) in [6.45, 7) is 2.41. The Morgan fingerprint density at radius 3 is 2.87 bits per heavy atom. The molecule has 2 amide bonds. The molecule has 30 heavy (non-hydrogen) atoms. The Kier molecular flexibility index (Phi) is 5.42. The van der Waals surface area contributed by atoms with Gasteiger partial charge >= 0.3 is 6.09 Å². The van der Waals surface area contributed by atoms with Gasteiger partial charge in [0, 0.05) is 18.4 Å². The smallest absolute Gasteiger partial charge is 0.414 e. The van der Waals surface area contributed by atoms with Gasteiger partial charge in [0.2, 0.25) is 17.6 Å². The van der Waals surface area contributed by atoms with Crippen molar-refractivity contribution < 1.29 is 23.2 Å². The van der Waals surface area contributed by atoms with Crippen LogP contribution in [0.1, 0.15) is 17.9 Å². The highest BCUT2D eigenvalue weighted by atomic mass is 19.1. The van der Waals surface area contributed by atoms with Crippen LogP contribution in [0.25, 0.3) is 11.4 Å². The molecule has 1 fully saturated rings. The molecule has 1 aliphatic rings. The highest BCUT2D eigenvalue weighted by molar-refractivity contribution is 5.99. The highest BCUT2D eigenvalue weighted by Gasteiger charge is 2.26. The number of ether oxygens (including phenoxy) is 1. The molecule has 1 N–H and O–H groups in total. The van der Waals surface area contributed by atoms with Gasteiger partial charge in [0.1, 0.15) is 12.4 Å². The van der Waals surface area contributed by atoms with E-state index in [1.165, 1.54) is 11.0 Å². The van der Waals surface area contributed by atoms with Crippen molar-refractivity contribution in [3.63, 3.8) is 0 Å². The van der Waals surface area contributed by atoms with E-state index in [0.717, 1.165) is 0 Å². The van der Waals surface area contributed by atoms with Gasteiger partial charge in [-0.3, -0.25) is 9.69 Å². The van der Waals surface area contributed by atoms with Crippen molar-refractivity contribution >= 4 is 23.4 Å². The molecule has 2 aromatic carbocycles. The van der Waals surface area contributed by atoms with Crippen LogP contribution in [-0.4, -0.2) is 35.3 Å². The molecule has 0 atom stereocenters. The molecule has 8 nitrogen and oxygen atoms in total. The van der Waals surface area contributed by atoms with Crippen molar-refractivity contribution in [2.75, 3.05) is 23.4 Å². The quantitative estimate of drug-likeness (QED) is 0.665. The minimum atomic E-state index is -0.442. The van der Waals surface area contributed by atoms with Gasteiger partial charge in [0.15, 0.2) is 0 Å². The van der Waals surface area contributed by atoms with Crippen molar-refractivity contribution in [1.29, 1.82) is 0 Å². The van der Waals surface area contributed by atoms with E-state index in [0.29, 0.717) is 35.7 Å². The molecule has 0 aliphatic carbocycles. The van der Waals surface area contributed by atoms with Gasteiger partial charge in [-0.2, -0.15) is 4.98 Å². The molecule has 3 aromatic rings. The second-order valence-electron chi connectivity index (χ2n) is 6.81. The maximum absolute atomic E-state index is 13.7. The number of anilines is 2. The van der Waals surface area contributed by atoms with Crippen molar-refractivity contribution in [2.45, 2.75) is 19.8 Å². The Morgan fingerprint density at radius 1 is 1.27 bits per heavy atom. The maximum Gasteiger partial charge on any atom is 0.414 e. The van der Waals surface area contributed by atoms with Crippen LogP contribution >= 0.6 is 0 Å². The van der Waals surface area contributed by atoms with Crippen LogP contribution in [0.15, 0.2) is 47.0 Å². The van der Waals surface area contributed by atoms with Crippen molar-refractivity contribution in [3.8, 4) is 11.4 Å². The molecule has 0 saturated carbocycles. The van der Waals surface area contributed by atoms with Crippen LogP contribution in [-0.2, 0) is 16.0 Å². The van der Waals surface area contributed by atoms with Gasteiger partial charge in [-0.15, -0.1) is 0 Å². The van der Waals surface area contributed by atoms with Crippen LogP contribution in [0.5, 0.6) is 0 Å². The summed E-state index contributed by atoms with van der Waals surface area (Å²) in [5, 5.41) is 6.65. The normalized spacial score (nSPS) is 13.4. The zero-order chi connectivity index (χ0) is 21.1. The van der Waals surface area contributed by atoms with Gasteiger partial charge in [-0.1, -0.05) is 29.4 Å². The Morgan fingerprint density at radius 2 is 2.10 bits per heavy atom. The number of nitrogens with zero attached hydrogens (tertiary/aromatic N) is 3. The zero-order valence-corrected chi connectivity index (χ0v) is 16.2. The molecule has 1 aliphatic heterocycles. The fraction of sp³-hybridized carbons (Fsp3) is 0.238. The molecule has 2 heterocycles. The van der Waals surface area contributed by atoms with Crippen LogP contribution in [0.3, 0.4) is 0 Å². The number of hydrogen-bond acceptors (Lipinski definition) is 6. The third-order valence-corrected chi connectivity index (χ3v) is 4.69. The number of benzene rings is 2. The number of carbonyl (C=O) groups is 2. The molecular formula is C21H19FN4O4. The predicted octanol–water partition coefficient (Wildman–Crippen LogP) is 3.71. The van der Waals surface area contributed by atoms with Crippen LogP contribution in [0.2, 0.25) is 0 Å². The van der Waals surface area contributed by atoms with Crippen LogP contribution < -0.4 is 10.2 Å². The Hall–Kier alpha value is -3.75. The summed E-state index contributed by atoms with van der Waals surface area (Å²) < 4.78 is 23.9. The van der Waals surface area contributed by atoms with E-state index in [-0.39, 0.29) is 36.3 Å². The molecule has 0 radical (unpaired) electrons. The average Bonchev–Trinajstić information content (AvgIpc) is 3.38. The summed E-state index contributed by atoms with van der Waals surface area (Å²) >= 11 is 0. The van der Waals surface area contributed by atoms with E-state index in [1.54, 1.807) is 43.3 Å². The SMILES string of the molecule is Cc1ccc(-c2noc(CCC(=O)Nc3ccccc3N3CCOC3=O)n2)cc1F. The van der Waals surface area contributed by atoms with Gasteiger partial charge in [-0.05, 0) is 30.7 Å². The summed E-state index contributed by atoms with van der Waals surface area (Å²) in [5.41, 5.74) is 2.13. The number of cyclic esters (lactones) is 1. The van der Waals surface area contributed by atoms with Crippen molar-refractivity contribution in [1.82, 2.24) is 10.1 Å². The Labute approximate surface area is 171 Å². The zero-order valence-electron chi connectivity index (χ0n) is 16.2. The molecule has 0 bridgehead atoms. The molecule has 1 saturated heterocycles. The van der Waals surface area contributed by atoms with E-state index in [9.17, 15) is 14.0 Å². The molecular weight excluding hydrogens is 391 g/mol. The fourth-order valence-corrected chi connectivity index (χ4v) is 3.07. The molecule has 0 unspecified atom stereocenters. The highest BCUT2D eigenvalue weighted by Crippen LogP contribution is 2.28. The summed E-state index contributed by atoms with van der Waals surface area (Å²) in [5.74, 6) is -0.0744. The monoisotopic (exact) mass is 410 g/mol. The lowest BCUT2D eigenvalue weighted by molar-refractivity contribution is -0.116. The van der Waals surface area contributed by atoms with E-state index in [2.05, 4.69) is 15.5 Å².